The van der Waals surface area contributed by atoms with Gasteiger partial charge in [-0.3, -0.25) is 4.68 Å². The Balaban J connectivity index is 2.67. The van der Waals surface area contributed by atoms with Gasteiger partial charge >= 0.3 is 0 Å². The zero-order chi connectivity index (χ0) is 11.5. The van der Waals surface area contributed by atoms with Gasteiger partial charge in [-0.2, -0.15) is 5.10 Å². The Bertz CT molecular complexity index is 413. The molecule has 86 valence electrons. The van der Waals surface area contributed by atoms with Crippen LogP contribution in [-0.4, -0.2) is 47.0 Å². The summed E-state index contributed by atoms with van der Waals surface area (Å²) in [6.07, 6.45) is 3.37. The summed E-state index contributed by atoms with van der Waals surface area (Å²) in [5.41, 5.74) is 0.821. The van der Waals surface area contributed by atoms with Gasteiger partial charge in [0.15, 0.2) is 0 Å². The first-order chi connectivity index (χ1) is 6.95. The van der Waals surface area contributed by atoms with Crippen LogP contribution in [0.4, 0.5) is 0 Å². The molecular formula is C8H15N3O3S. The van der Waals surface area contributed by atoms with Crippen LogP contribution in [0.2, 0.25) is 0 Å². The third-order valence-electron chi connectivity index (χ3n) is 1.99. The van der Waals surface area contributed by atoms with E-state index in [9.17, 15) is 8.42 Å². The van der Waals surface area contributed by atoms with E-state index in [4.69, 9.17) is 5.11 Å². The van der Waals surface area contributed by atoms with Crippen molar-refractivity contribution in [1.82, 2.24) is 14.1 Å². The third kappa shape index (κ3) is 3.29. The Hall–Kier alpha value is -0.920. The van der Waals surface area contributed by atoms with Gasteiger partial charge in [0.05, 0.1) is 18.6 Å². The van der Waals surface area contributed by atoms with Crippen molar-refractivity contribution in [1.29, 1.82) is 0 Å². The average Bonchev–Trinajstić information content (AvgIpc) is 2.51. The highest BCUT2D eigenvalue weighted by atomic mass is 32.2. The first-order valence-corrected chi connectivity index (χ1v) is 6.09. The number of sulfonamides is 1. The summed E-state index contributed by atoms with van der Waals surface area (Å²) >= 11 is 0. The van der Waals surface area contributed by atoms with Gasteiger partial charge in [0.2, 0.25) is 10.0 Å². The van der Waals surface area contributed by atoms with Crippen LogP contribution in [0, 0.1) is 0 Å². The van der Waals surface area contributed by atoms with E-state index in [1.807, 2.05) is 0 Å². The highest BCUT2D eigenvalue weighted by molar-refractivity contribution is 7.89. The van der Waals surface area contributed by atoms with E-state index in [1.165, 1.54) is 11.4 Å². The molecule has 0 spiro atoms. The molecule has 7 heteroatoms. The second-order valence-corrected chi connectivity index (χ2v) is 5.51. The molecule has 0 atom stereocenters. The Morgan fingerprint density at radius 2 is 2.27 bits per heavy atom. The Morgan fingerprint density at radius 3 is 2.73 bits per heavy atom. The molecule has 0 bridgehead atoms. The van der Waals surface area contributed by atoms with Crippen molar-refractivity contribution in [3.05, 3.63) is 18.0 Å². The first-order valence-electron chi connectivity index (χ1n) is 4.48. The van der Waals surface area contributed by atoms with Gasteiger partial charge in [0.1, 0.15) is 0 Å². The summed E-state index contributed by atoms with van der Waals surface area (Å²) in [6.45, 7) is -0.0874. The molecule has 1 N–H and O–H groups in total. The molecular weight excluding hydrogens is 218 g/mol. The van der Waals surface area contributed by atoms with E-state index in [0.717, 1.165) is 5.56 Å². The highest BCUT2D eigenvalue weighted by Crippen LogP contribution is 2.06. The molecule has 1 aromatic rings. The minimum Gasteiger partial charge on any atom is -0.395 e. The van der Waals surface area contributed by atoms with Crippen LogP contribution >= 0.6 is 0 Å². The minimum absolute atomic E-state index is 0.246. The Morgan fingerprint density at radius 1 is 1.60 bits per heavy atom. The highest BCUT2D eigenvalue weighted by Gasteiger charge is 2.17. The van der Waals surface area contributed by atoms with E-state index >= 15 is 0 Å². The van der Waals surface area contributed by atoms with E-state index in [-0.39, 0.29) is 18.9 Å². The van der Waals surface area contributed by atoms with E-state index < -0.39 is 10.0 Å². The van der Waals surface area contributed by atoms with Crippen LogP contribution in [0.1, 0.15) is 5.56 Å². The predicted octanol–water partition coefficient (Wildman–Crippen LogP) is -0.826. The van der Waals surface area contributed by atoms with E-state index in [0.29, 0.717) is 0 Å². The van der Waals surface area contributed by atoms with Crippen molar-refractivity contribution in [3.63, 3.8) is 0 Å². The summed E-state index contributed by atoms with van der Waals surface area (Å²) in [7, 11) is -0.0993. The van der Waals surface area contributed by atoms with Crippen molar-refractivity contribution in [2.75, 3.05) is 19.4 Å². The summed E-state index contributed by atoms with van der Waals surface area (Å²) in [6, 6.07) is 0. The fraction of sp³-hybridized carbons (Fsp3) is 0.625. The van der Waals surface area contributed by atoms with Crippen LogP contribution in [0.25, 0.3) is 0 Å². The topological polar surface area (TPSA) is 75.4 Å². The van der Waals surface area contributed by atoms with Gasteiger partial charge in [-0.25, -0.2) is 12.7 Å². The summed E-state index contributed by atoms with van der Waals surface area (Å²) in [4.78, 5) is 0. The summed E-state index contributed by atoms with van der Waals surface area (Å²) in [5.74, 6) is -0.246. The lowest BCUT2D eigenvalue weighted by molar-refractivity contribution is 0.316. The molecule has 15 heavy (non-hydrogen) atoms. The molecule has 0 radical (unpaired) electrons. The summed E-state index contributed by atoms with van der Waals surface area (Å²) in [5, 5.41) is 12.5. The lowest BCUT2D eigenvalue weighted by atomic mass is 10.4. The third-order valence-corrected chi connectivity index (χ3v) is 3.77. The number of aryl methyl sites for hydroxylation is 1. The number of aromatic nitrogens is 2. The molecule has 1 aromatic heterocycles. The summed E-state index contributed by atoms with van der Waals surface area (Å²) < 4.78 is 25.8. The van der Waals surface area contributed by atoms with Crippen LogP contribution in [0.5, 0.6) is 0 Å². The van der Waals surface area contributed by atoms with E-state index in [2.05, 4.69) is 5.10 Å². The quantitative estimate of drug-likeness (QED) is 0.720. The molecule has 0 saturated heterocycles. The fourth-order valence-corrected chi connectivity index (χ4v) is 2.07. The number of hydrogen-bond acceptors (Lipinski definition) is 4. The Labute approximate surface area is 89.2 Å². The van der Waals surface area contributed by atoms with Gasteiger partial charge < -0.3 is 5.11 Å². The number of nitrogens with zero attached hydrogens (tertiary/aromatic N) is 3. The molecule has 0 aromatic carbocycles. The predicted molar refractivity (Wildman–Crippen MR) is 55.5 cm³/mol. The van der Waals surface area contributed by atoms with Crippen LogP contribution in [-0.2, 0) is 23.6 Å². The Kier molecular flexibility index (Phi) is 3.83. The maximum absolute atomic E-state index is 11.5. The smallest absolute Gasteiger partial charge is 0.216 e. The largest absolute Gasteiger partial charge is 0.395 e. The molecule has 0 fully saturated rings. The van der Waals surface area contributed by atoms with Crippen molar-refractivity contribution < 1.29 is 13.5 Å². The maximum atomic E-state index is 11.5. The SMILES string of the molecule is CN(Cc1cnn(C)c1)S(=O)(=O)CCO. The number of aliphatic hydroxyl groups is 1. The normalized spacial score (nSPS) is 12.3. The van der Waals surface area contributed by atoms with Crippen molar-refractivity contribution >= 4 is 10.0 Å². The van der Waals surface area contributed by atoms with E-state index in [1.54, 1.807) is 24.1 Å². The van der Waals surface area contributed by atoms with Gasteiger partial charge in [-0.15, -0.1) is 0 Å². The second-order valence-electron chi connectivity index (χ2n) is 3.32. The number of aliphatic hydroxyl groups excluding tert-OH is 1. The number of hydrogen-bond donors (Lipinski definition) is 1. The molecule has 6 nitrogen and oxygen atoms in total. The van der Waals surface area contributed by atoms with Gasteiger partial charge in [0, 0.05) is 32.4 Å². The lowest BCUT2D eigenvalue weighted by Gasteiger charge is -2.15. The number of rotatable bonds is 5. The minimum atomic E-state index is -3.35. The molecule has 0 aliphatic carbocycles. The fourth-order valence-electron chi connectivity index (χ4n) is 1.18. The molecule has 1 rings (SSSR count). The second kappa shape index (κ2) is 4.73. The molecule has 0 amide bonds. The van der Waals surface area contributed by atoms with Crippen LogP contribution in [0.3, 0.4) is 0 Å². The van der Waals surface area contributed by atoms with Crippen LogP contribution in [0.15, 0.2) is 12.4 Å². The average molecular weight is 233 g/mol. The van der Waals surface area contributed by atoms with Crippen molar-refractivity contribution in [2.24, 2.45) is 7.05 Å². The lowest BCUT2D eigenvalue weighted by Crippen LogP contribution is -2.29. The zero-order valence-electron chi connectivity index (χ0n) is 8.79. The molecule has 1 heterocycles. The van der Waals surface area contributed by atoms with Gasteiger partial charge in [-0.05, 0) is 0 Å². The van der Waals surface area contributed by atoms with Gasteiger partial charge in [0.25, 0.3) is 0 Å². The molecule has 0 unspecified atom stereocenters. The van der Waals surface area contributed by atoms with Crippen molar-refractivity contribution in [2.45, 2.75) is 6.54 Å². The standard InChI is InChI=1S/C8H15N3O3S/c1-10-6-8(5-9-10)7-11(2)15(13,14)4-3-12/h5-6,12H,3-4,7H2,1-2H3. The molecule has 0 saturated carbocycles. The maximum Gasteiger partial charge on any atom is 0.216 e. The zero-order valence-corrected chi connectivity index (χ0v) is 9.61. The first kappa shape index (κ1) is 12.2. The molecule has 0 aliphatic rings. The van der Waals surface area contributed by atoms with Gasteiger partial charge in [-0.1, -0.05) is 0 Å². The van der Waals surface area contributed by atoms with Crippen molar-refractivity contribution in [3.8, 4) is 0 Å². The molecule has 0 aliphatic heterocycles. The monoisotopic (exact) mass is 233 g/mol. The van der Waals surface area contributed by atoms with Crippen LogP contribution < -0.4 is 0 Å².